The monoisotopic (exact) mass is 292 g/mol. The number of piperidine rings is 1. The van der Waals surface area contributed by atoms with E-state index in [1.807, 2.05) is 0 Å². The molecular weight excluding hydrogens is 266 g/mol. The summed E-state index contributed by atoms with van der Waals surface area (Å²) in [5.41, 5.74) is 4.39. The van der Waals surface area contributed by atoms with Crippen LogP contribution in [0.1, 0.15) is 43.2 Å². The quantitative estimate of drug-likeness (QED) is 0.681. The van der Waals surface area contributed by atoms with E-state index >= 15 is 0 Å². The highest BCUT2D eigenvalue weighted by Gasteiger charge is 2.52. The van der Waals surface area contributed by atoms with Gasteiger partial charge in [-0.1, -0.05) is 48.0 Å². The van der Waals surface area contributed by atoms with E-state index in [0.29, 0.717) is 0 Å². The van der Waals surface area contributed by atoms with Crippen LogP contribution >= 0.6 is 0 Å². The summed E-state index contributed by atoms with van der Waals surface area (Å²) in [6.45, 7) is 3.34. The topological polar surface area (TPSA) is 0 Å². The van der Waals surface area contributed by atoms with Crippen LogP contribution in [-0.2, 0) is 6.54 Å². The number of hydrogen-bond acceptors (Lipinski definition) is 0. The molecular formula is C21H26N+. The molecule has 2 aromatic rings. The number of aryl methyl sites for hydroxylation is 1. The molecule has 0 radical (unpaired) electrons. The van der Waals surface area contributed by atoms with Gasteiger partial charge in [0, 0.05) is 31.2 Å². The normalized spacial score (nSPS) is 30.4. The highest BCUT2D eigenvalue weighted by molar-refractivity contribution is 5.47. The molecule has 2 aliphatic rings. The van der Waals surface area contributed by atoms with Crippen molar-refractivity contribution in [2.75, 3.05) is 0 Å². The molecule has 0 spiro atoms. The standard InChI is InChI=1S/C21H26N/c1-17-10-12-18(13-11-17)16-22(19-6-3-2-4-7-19)20-8-5-9-21(22)15-14-20/h2-4,6-7,10-13,20-21H,5,8-9,14-16H2,1H3/q+1. The van der Waals surface area contributed by atoms with Crippen molar-refractivity contribution in [2.45, 2.75) is 57.7 Å². The molecule has 0 aliphatic carbocycles. The number of rotatable bonds is 3. The highest BCUT2D eigenvalue weighted by Crippen LogP contribution is 2.47. The molecule has 1 heteroatoms. The van der Waals surface area contributed by atoms with Gasteiger partial charge in [-0.15, -0.1) is 0 Å². The van der Waals surface area contributed by atoms with Crippen molar-refractivity contribution >= 4 is 5.69 Å². The lowest BCUT2D eigenvalue weighted by molar-refractivity contribution is 0.135. The lowest BCUT2D eigenvalue weighted by atomic mass is 9.95. The van der Waals surface area contributed by atoms with Gasteiger partial charge in [-0.2, -0.15) is 0 Å². The summed E-state index contributed by atoms with van der Waals surface area (Å²) in [5.74, 6) is 0. The third kappa shape index (κ3) is 2.19. The predicted molar refractivity (Wildman–Crippen MR) is 93.8 cm³/mol. The van der Waals surface area contributed by atoms with Crippen LogP contribution < -0.4 is 4.48 Å². The Balaban J connectivity index is 1.78. The number of hydrogen-bond donors (Lipinski definition) is 0. The first-order valence-corrected chi connectivity index (χ1v) is 8.77. The Labute approximate surface area is 134 Å². The third-order valence-electron chi connectivity index (χ3n) is 6.01. The first kappa shape index (κ1) is 14.0. The second-order valence-electron chi connectivity index (χ2n) is 7.23. The minimum Gasteiger partial charge on any atom is -0.283 e. The zero-order chi connectivity index (χ0) is 15.0. The molecule has 2 atom stereocenters. The third-order valence-corrected chi connectivity index (χ3v) is 6.01. The fourth-order valence-corrected chi connectivity index (χ4v) is 4.95. The summed E-state index contributed by atoms with van der Waals surface area (Å²) >= 11 is 0. The van der Waals surface area contributed by atoms with Crippen LogP contribution in [0.5, 0.6) is 0 Å². The molecule has 2 aromatic carbocycles. The molecule has 2 heterocycles. The number of quaternary nitrogens is 1. The average molecular weight is 292 g/mol. The van der Waals surface area contributed by atoms with E-state index in [1.54, 1.807) is 0 Å². The first-order chi connectivity index (χ1) is 10.8. The zero-order valence-electron chi connectivity index (χ0n) is 13.5. The number of benzene rings is 2. The summed E-state index contributed by atoms with van der Waals surface area (Å²) in [5, 5.41) is 0. The molecule has 4 rings (SSSR count). The molecule has 0 amide bonds. The Morgan fingerprint density at radius 3 is 2.09 bits per heavy atom. The van der Waals surface area contributed by atoms with E-state index in [4.69, 9.17) is 0 Å². The molecule has 0 N–H and O–H groups in total. The molecule has 2 aliphatic heterocycles. The van der Waals surface area contributed by atoms with Gasteiger partial charge in [-0.25, -0.2) is 0 Å². The van der Waals surface area contributed by atoms with Crippen LogP contribution in [0.2, 0.25) is 0 Å². The van der Waals surface area contributed by atoms with Crippen molar-refractivity contribution in [3.8, 4) is 0 Å². The minimum atomic E-state index is 0.822. The largest absolute Gasteiger partial charge is 0.283 e. The van der Waals surface area contributed by atoms with Crippen LogP contribution in [0, 0.1) is 6.92 Å². The van der Waals surface area contributed by atoms with Crippen LogP contribution in [0.4, 0.5) is 5.69 Å². The number of para-hydroxylation sites is 1. The molecule has 1 nitrogen and oxygen atoms in total. The summed E-state index contributed by atoms with van der Waals surface area (Å²) in [6.07, 6.45) is 7.04. The first-order valence-electron chi connectivity index (χ1n) is 8.77. The molecule has 2 unspecified atom stereocenters. The summed E-state index contributed by atoms with van der Waals surface area (Å²) in [4.78, 5) is 0. The summed E-state index contributed by atoms with van der Waals surface area (Å²) < 4.78 is 1.21. The lowest BCUT2D eigenvalue weighted by Gasteiger charge is -2.47. The van der Waals surface area contributed by atoms with Crippen LogP contribution in [0.25, 0.3) is 0 Å². The Morgan fingerprint density at radius 2 is 1.45 bits per heavy atom. The molecule has 0 saturated carbocycles. The number of nitrogens with zero attached hydrogens (tertiary/aromatic N) is 1. The second-order valence-corrected chi connectivity index (χ2v) is 7.23. The van der Waals surface area contributed by atoms with Gasteiger partial charge in [0.15, 0.2) is 0 Å². The van der Waals surface area contributed by atoms with Gasteiger partial charge in [0.05, 0.1) is 12.1 Å². The maximum atomic E-state index is 2.37. The fourth-order valence-electron chi connectivity index (χ4n) is 4.95. The molecule has 114 valence electrons. The second kappa shape index (κ2) is 5.55. The van der Waals surface area contributed by atoms with Crippen LogP contribution in [0.15, 0.2) is 54.6 Å². The van der Waals surface area contributed by atoms with Crippen molar-refractivity contribution in [3.63, 3.8) is 0 Å². The molecule has 0 aromatic heterocycles. The van der Waals surface area contributed by atoms with E-state index in [0.717, 1.165) is 12.1 Å². The van der Waals surface area contributed by atoms with Crippen LogP contribution in [-0.4, -0.2) is 12.1 Å². The van der Waals surface area contributed by atoms with Crippen LogP contribution in [0.3, 0.4) is 0 Å². The van der Waals surface area contributed by atoms with E-state index < -0.39 is 0 Å². The van der Waals surface area contributed by atoms with Gasteiger partial charge in [0.2, 0.25) is 0 Å². The van der Waals surface area contributed by atoms with E-state index in [9.17, 15) is 0 Å². The van der Waals surface area contributed by atoms with Gasteiger partial charge < -0.3 is 0 Å². The van der Waals surface area contributed by atoms with Crippen molar-refractivity contribution in [1.29, 1.82) is 0 Å². The number of fused-ring (bicyclic) bond motifs is 2. The van der Waals surface area contributed by atoms with Gasteiger partial charge in [-0.05, 0) is 25.5 Å². The van der Waals surface area contributed by atoms with Gasteiger partial charge in [-0.3, -0.25) is 4.48 Å². The Morgan fingerprint density at radius 1 is 0.818 bits per heavy atom. The minimum absolute atomic E-state index is 0.822. The van der Waals surface area contributed by atoms with Gasteiger partial charge >= 0.3 is 0 Å². The molecule has 2 saturated heterocycles. The Bertz CT molecular complexity index is 613. The van der Waals surface area contributed by atoms with Gasteiger partial charge in [0.1, 0.15) is 12.2 Å². The van der Waals surface area contributed by atoms with E-state index in [-0.39, 0.29) is 0 Å². The molecule has 2 fully saturated rings. The highest BCUT2D eigenvalue weighted by atomic mass is 15.4. The molecule has 22 heavy (non-hydrogen) atoms. The lowest BCUT2D eigenvalue weighted by Crippen LogP contribution is -2.59. The Kier molecular flexibility index (Phi) is 3.54. The van der Waals surface area contributed by atoms with Crippen molar-refractivity contribution in [2.24, 2.45) is 0 Å². The summed E-state index contributed by atoms with van der Waals surface area (Å²) in [7, 11) is 0. The maximum absolute atomic E-state index is 2.37. The molecule has 2 bridgehead atoms. The van der Waals surface area contributed by atoms with E-state index in [1.165, 1.54) is 59.9 Å². The van der Waals surface area contributed by atoms with Crippen molar-refractivity contribution in [3.05, 3.63) is 65.7 Å². The van der Waals surface area contributed by atoms with Crippen molar-refractivity contribution in [1.82, 2.24) is 4.48 Å². The SMILES string of the molecule is Cc1ccc(C[N+]2(c3ccccc3)C3CCCC2CC3)cc1. The average Bonchev–Trinajstić information content (AvgIpc) is 2.75. The maximum Gasteiger partial charge on any atom is 0.133 e. The smallest absolute Gasteiger partial charge is 0.133 e. The summed E-state index contributed by atoms with van der Waals surface area (Å²) in [6, 6.07) is 22.2. The predicted octanol–water partition coefficient (Wildman–Crippen LogP) is 5.22. The zero-order valence-corrected chi connectivity index (χ0v) is 13.5. The van der Waals surface area contributed by atoms with Gasteiger partial charge in [0.25, 0.3) is 0 Å². The Hall–Kier alpha value is -1.60. The van der Waals surface area contributed by atoms with Crippen molar-refractivity contribution < 1.29 is 0 Å². The fraction of sp³-hybridized carbons (Fsp3) is 0.429. The van der Waals surface area contributed by atoms with E-state index in [2.05, 4.69) is 61.5 Å².